The molecule has 4 N–H and O–H groups in total. The number of anilines is 4. The molecule has 2 saturated heterocycles. The van der Waals surface area contributed by atoms with E-state index in [0.29, 0.717) is 120 Å². The molecule has 27 nitrogen and oxygen atoms in total. The predicted octanol–water partition coefficient (Wildman–Crippen LogP) is 22.6. The molecular weight excluding hydrogens is 1700 g/mol. The zero-order chi connectivity index (χ0) is 92.3. The molecule has 726 valence electrons. The van der Waals surface area contributed by atoms with Crippen molar-refractivity contribution in [2.75, 3.05) is 54.8 Å². The number of ether oxygens (including phenoxy) is 3. The van der Waals surface area contributed by atoms with Crippen LogP contribution >= 0.6 is 0 Å². The molecular formula is C106H146F2N20O7. The third-order valence-corrected chi connectivity index (χ3v) is 27.0. The van der Waals surface area contributed by atoms with Gasteiger partial charge in [0.15, 0.2) is 0 Å². The van der Waals surface area contributed by atoms with Gasteiger partial charge in [-0.2, -0.15) is 0 Å². The van der Waals surface area contributed by atoms with Crippen LogP contribution in [-0.4, -0.2) is 134 Å². The second-order valence-electron chi connectivity index (χ2n) is 37.7. The molecule has 4 aliphatic carbocycles. The van der Waals surface area contributed by atoms with E-state index in [1.54, 1.807) is 85.9 Å². The Morgan fingerprint density at radius 1 is 0.378 bits per heavy atom. The van der Waals surface area contributed by atoms with Crippen LogP contribution in [0.5, 0.6) is 5.75 Å². The summed E-state index contributed by atoms with van der Waals surface area (Å²) in [5.74, 6) is 5.59. The Morgan fingerprint density at radius 2 is 0.719 bits per heavy atom. The van der Waals surface area contributed by atoms with Gasteiger partial charge in [-0.15, -0.1) is 0 Å². The van der Waals surface area contributed by atoms with E-state index in [0.717, 1.165) is 157 Å². The van der Waals surface area contributed by atoms with Crippen LogP contribution < -0.4 is 48.8 Å². The molecule has 0 spiro atoms. The Bertz CT molecular complexity index is 6110. The number of halogens is 2. The molecule has 8 aromatic heterocycles. The van der Waals surface area contributed by atoms with Gasteiger partial charge in [-0.25, -0.2) is 67.8 Å². The van der Waals surface area contributed by atoms with Crippen molar-refractivity contribution in [2.24, 2.45) is 23.7 Å². The van der Waals surface area contributed by atoms with E-state index in [9.17, 15) is 28.0 Å². The van der Waals surface area contributed by atoms with Crippen LogP contribution in [0, 0.1) is 69.9 Å². The first-order valence-corrected chi connectivity index (χ1v) is 47.4. The van der Waals surface area contributed by atoms with Crippen molar-refractivity contribution in [3.63, 3.8) is 0 Å². The highest BCUT2D eigenvalue weighted by molar-refractivity contribution is 5.66. The van der Waals surface area contributed by atoms with Crippen molar-refractivity contribution in [2.45, 2.75) is 296 Å². The van der Waals surface area contributed by atoms with E-state index in [4.69, 9.17) is 34.1 Å². The molecule has 2 aliphatic heterocycles. The van der Waals surface area contributed by atoms with Crippen LogP contribution in [0.4, 0.5) is 32.6 Å². The van der Waals surface area contributed by atoms with E-state index in [1.807, 2.05) is 116 Å². The van der Waals surface area contributed by atoms with Crippen molar-refractivity contribution < 1.29 is 23.0 Å². The van der Waals surface area contributed by atoms with E-state index >= 15 is 0 Å². The van der Waals surface area contributed by atoms with Crippen LogP contribution in [0.1, 0.15) is 266 Å². The third-order valence-electron chi connectivity index (χ3n) is 27.0. The van der Waals surface area contributed by atoms with Gasteiger partial charge in [0.25, 0.3) is 0 Å². The Balaban J connectivity index is 0.000000171. The number of aromatic nitrogens is 16. The number of benzene rings is 4. The van der Waals surface area contributed by atoms with E-state index in [2.05, 4.69) is 101 Å². The number of methoxy groups -OCH3 is 1. The molecule has 0 bridgehead atoms. The second-order valence-corrected chi connectivity index (χ2v) is 37.7. The Kier molecular flexibility index (Phi) is 36.0. The standard InChI is InChI=1S/C27H35N5O2.C26H32FN5O2.C25H33N5O2.C24H30FN5O.4CH4/c1-18-4-6-21(7-5-18)29-26-28-11-8-24(30-26)25-17-31(22-9-12-34-13-10-22)27(33)32(25)23-15-19(2)14-20(3)16-23;1-17-3-5-19(6-4-17)29-25-28-12-9-23(30-25)24-16-31(20-10-13-34-14-11-20)26(33)32(24)21-7-8-22(27)18(2)15-21;1-16(2)29-18(4)23(30(25(29)31)20-7-6-8-21(15-20)32-5)22-13-14-26-24(28-22)27-19-11-9-17(3)10-12-19;1-15(2)29-17(4)22(30(24(29)31)20-11-7-18(25)8-12-20)21-13-14-26-23(28-21)27-19-9-5-16(3)6-10-19;;;;/h8,11,14-18,21-22H,4-7,9-10,12-13H2,1-3H3,(H,28,29,30);7-9,12,15-17,19-20H,3-6,10-11,13-14H2,1-2H3,(H,28,29,30);6-8,13-17,19H,9-12H2,1-5H3,(H,26,27,28);7-8,11-16,19H,5-6,9-10H2,1-4H3,(H,26,27,28);4*1H4. The zero-order valence-corrected chi connectivity index (χ0v) is 78.5. The highest BCUT2D eigenvalue weighted by Gasteiger charge is 2.32. The van der Waals surface area contributed by atoms with Gasteiger partial charge < -0.3 is 35.5 Å². The van der Waals surface area contributed by atoms with Gasteiger partial charge in [-0.1, -0.05) is 69.5 Å². The van der Waals surface area contributed by atoms with Crippen molar-refractivity contribution >= 4 is 23.8 Å². The Morgan fingerprint density at radius 3 is 1.08 bits per heavy atom. The average molecular weight is 1850 g/mol. The average Bonchev–Trinajstić information content (AvgIpc) is 1.63. The maximum atomic E-state index is 14.0. The number of hydrogen-bond donors (Lipinski definition) is 4. The summed E-state index contributed by atoms with van der Waals surface area (Å²) in [6.07, 6.45) is 32.8. The molecule has 0 amide bonds. The molecule has 0 unspecified atom stereocenters. The lowest BCUT2D eigenvalue weighted by molar-refractivity contribution is 0.0685. The van der Waals surface area contributed by atoms with Gasteiger partial charge in [0.1, 0.15) is 17.4 Å². The molecule has 135 heavy (non-hydrogen) atoms. The minimum Gasteiger partial charge on any atom is -0.497 e. The minimum atomic E-state index is -0.339. The smallest absolute Gasteiger partial charge is 0.333 e. The van der Waals surface area contributed by atoms with Crippen molar-refractivity contribution in [1.29, 1.82) is 0 Å². The highest BCUT2D eigenvalue weighted by atomic mass is 19.1. The third kappa shape index (κ3) is 24.7. The Labute approximate surface area is 795 Å². The van der Waals surface area contributed by atoms with Crippen molar-refractivity contribution in [1.82, 2.24) is 76.4 Å². The maximum Gasteiger partial charge on any atom is 0.333 e. The van der Waals surface area contributed by atoms with Crippen LogP contribution in [0.25, 0.3) is 68.3 Å². The summed E-state index contributed by atoms with van der Waals surface area (Å²) in [7, 11) is 1.63. The van der Waals surface area contributed by atoms with Gasteiger partial charge >= 0.3 is 22.8 Å². The summed E-state index contributed by atoms with van der Waals surface area (Å²) in [4.78, 5) is 91.2. The molecule has 18 rings (SSSR count). The topological polar surface area (TPSA) is 287 Å². The number of aryl methyl sites for hydroxylation is 3. The lowest BCUT2D eigenvalue weighted by atomic mass is 9.87. The normalized spacial score (nSPS) is 19.6. The van der Waals surface area contributed by atoms with Gasteiger partial charge in [-0.05, 0) is 322 Å². The first-order chi connectivity index (χ1) is 63.2. The molecule has 0 atom stereocenters. The van der Waals surface area contributed by atoms with Crippen molar-refractivity contribution in [3.8, 4) is 74.1 Å². The largest absolute Gasteiger partial charge is 0.497 e. The number of nitrogens with one attached hydrogen (secondary N) is 4. The summed E-state index contributed by atoms with van der Waals surface area (Å²) in [6, 6.07) is 33.7. The molecule has 10 heterocycles. The second kappa shape index (κ2) is 47.0. The minimum absolute atomic E-state index is 0. The Hall–Kier alpha value is -12.0. The van der Waals surface area contributed by atoms with Crippen LogP contribution in [0.3, 0.4) is 0 Å². The molecule has 6 aliphatic rings. The van der Waals surface area contributed by atoms with E-state index < -0.39 is 0 Å². The summed E-state index contributed by atoms with van der Waals surface area (Å²) in [5.41, 5.74) is 12.6. The fourth-order valence-corrected chi connectivity index (χ4v) is 19.6. The molecule has 0 radical (unpaired) electrons. The van der Waals surface area contributed by atoms with E-state index in [-0.39, 0.29) is 88.3 Å². The maximum absolute atomic E-state index is 14.0. The number of nitrogens with zero attached hydrogens (tertiary/aromatic N) is 16. The fourth-order valence-electron chi connectivity index (χ4n) is 19.6. The van der Waals surface area contributed by atoms with Crippen molar-refractivity contribution in [3.05, 3.63) is 228 Å². The zero-order valence-electron chi connectivity index (χ0n) is 78.5. The van der Waals surface area contributed by atoms with Gasteiger partial charge in [0, 0.05) is 129 Å². The van der Waals surface area contributed by atoms with Gasteiger partial charge in [0.2, 0.25) is 23.8 Å². The monoisotopic (exact) mass is 1850 g/mol. The fraction of sp³-hybridized carbons (Fsp3) is 0.509. The lowest BCUT2D eigenvalue weighted by Crippen LogP contribution is -2.30. The molecule has 4 saturated carbocycles. The molecule has 12 aromatic rings. The lowest BCUT2D eigenvalue weighted by Gasteiger charge is -2.26. The number of hydrogen-bond acceptors (Lipinski definition) is 19. The van der Waals surface area contributed by atoms with Crippen LogP contribution in [-0.2, 0) is 9.47 Å². The summed E-state index contributed by atoms with van der Waals surface area (Å²) >= 11 is 0. The first-order valence-electron chi connectivity index (χ1n) is 47.4. The van der Waals surface area contributed by atoms with Gasteiger partial charge in [-0.3, -0.25) is 36.5 Å². The van der Waals surface area contributed by atoms with Gasteiger partial charge in [0.05, 0.1) is 75.4 Å². The predicted molar refractivity (Wildman–Crippen MR) is 540 cm³/mol. The van der Waals surface area contributed by atoms with Crippen LogP contribution in [0.2, 0.25) is 0 Å². The van der Waals surface area contributed by atoms with E-state index in [1.165, 1.54) is 69.6 Å². The quantitative estimate of drug-likeness (QED) is 0.0520. The molecule has 29 heteroatoms. The summed E-state index contributed by atoms with van der Waals surface area (Å²) < 4.78 is 58.0. The van der Waals surface area contributed by atoms with Crippen LogP contribution in [0.15, 0.2) is 166 Å². The SMILES string of the molecule is C.C.C.C.COc1cccc(-n2c(-c3ccnc(NC4CCC(C)CC4)n3)c(C)n(C(C)C)c2=O)c1.Cc1c(-c2ccnc(NC3CCC(C)CC3)n2)n(-c2ccc(F)cc2)c(=O)n1C(C)C.Cc1cc(-n2c(-c3ccnc(NC4CCC(C)CC4)n3)cn(C3CCOCC3)c2=O)ccc1F.Cc1cc(C)cc(-n2c(-c3ccnc(NC4CCC(C)CC4)n3)cn(C3CCOCC3)c2=O)c1. The highest BCUT2D eigenvalue weighted by Crippen LogP contribution is 2.37. The number of rotatable bonds is 21. The number of imidazole rings is 4. The molecule has 6 fully saturated rings. The first kappa shape index (κ1) is 104. The summed E-state index contributed by atoms with van der Waals surface area (Å²) in [5, 5.41) is 14.0. The molecule has 4 aromatic carbocycles. The summed E-state index contributed by atoms with van der Waals surface area (Å²) in [6.45, 7) is 29.6.